The SMILES string of the molecule is NCC1CN=C(Cc2ccc(Br)cc2)O1. The van der Waals surface area contributed by atoms with Crippen LogP contribution in [0, 0.1) is 0 Å². The minimum atomic E-state index is 0.0791. The summed E-state index contributed by atoms with van der Waals surface area (Å²) in [5, 5.41) is 0. The molecule has 4 heteroatoms. The summed E-state index contributed by atoms with van der Waals surface area (Å²) in [6.07, 6.45) is 0.833. The van der Waals surface area contributed by atoms with Gasteiger partial charge in [-0.2, -0.15) is 0 Å². The summed E-state index contributed by atoms with van der Waals surface area (Å²) in [6.45, 7) is 1.23. The third kappa shape index (κ3) is 2.79. The highest BCUT2D eigenvalue weighted by molar-refractivity contribution is 9.10. The Labute approximate surface area is 97.5 Å². The summed E-state index contributed by atoms with van der Waals surface area (Å²) in [5.41, 5.74) is 6.71. The lowest BCUT2D eigenvalue weighted by Gasteiger charge is -2.08. The van der Waals surface area contributed by atoms with Crippen molar-refractivity contribution in [2.45, 2.75) is 12.5 Å². The Hall–Kier alpha value is -0.870. The molecule has 1 heterocycles. The van der Waals surface area contributed by atoms with Crippen LogP contribution in [-0.2, 0) is 11.2 Å². The standard InChI is InChI=1S/C11H13BrN2O/c12-9-3-1-8(2-4-9)5-11-14-7-10(6-13)15-11/h1-4,10H,5-7,13H2. The molecule has 1 aliphatic rings. The summed E-state index contributed by atoms with van der Waals surface area (Å²) >= 11 is 3.40. The number of aliphatic imine (C=N–C) groups is 1. The Kier molecular flexibility index (Phi) is 3.38. The molecule has 0 spiro atoms. The number of benzene rings is 1. The van der Waals surface area contributed by atoms with Gasteiger partial charge in [-0.25, -0.2) is 0 Å². The fraction of sp³-hybridized carbons (Fsp3) is 0.364. The van der Waals surface area contributed by atoms with Crippen molar-refractivity contribution in [2.24, 2.45) is 10.7 Å². The Morgan fingerprint density at radius 3 is 2.73 bits per heavy atom. The molecule has 0 saturated carbocycles. The molecule has 2 rings (SSSR count). The Morgan fingerprint density at radius 1 is 1.40 bits per heavy atom. The molecular formula is C11H13BrN2O. The summed E-state index contributed by atoms with van der Waals surface area (Å²) < 4.78 is 6.64. The van der Waals surface area contributed by atoms with E-state index in [0.717, 1.165) is 16.8 Å². The lowest BCUT2D eigenvalue weighted by atomic mass is 10.1. The molecule has 80 valence electrons. The normalized spacial score (nSPS) is 19.9. The van der Waals surface area contributed by atoms with Gasteiger partial charge in [-0.15, -0.1) is 0 Å². The van der Waals surface area contributed by atoms with E-state index in [4.69, 9.17) is 10.5 Å². The third-order valence-corrected chi connectivity index (χ3v) is 2.83. The number of nitrogens with two attached hydrogens (primary N) is 1. The fourth-order valence-corrected chi connectivity index (χ4v) is 1.73. The largest absolute Gasteiger partial charge is 0.474 e. The smallest absolute Gasteiger partial charge is 0.188 e. The van der Waals surface area contributed by atoms with Crippen LogP contribution in [0.2, 0.25) is 0 Å². The monoisotopic (exact) mass is 268 g/mol. The van der Waals surface area contributed by atoms with Gasteiger partial charge < -0.3 is 10.5 Å². The van der Waals surface area contributed by atoms with Crippen LogP contribution < -0.4 is 5.73 Å². The quantitative estimate of drug-likeness (QED) is 0.908. The number of halogens is 1. The zero-order valence-corrected chi connectivity index (χ0v) is 9.90. The number of nitrogens with zero attached hydrogens (tertiary/aromatic N) is 1. The molecule has 0 aromatic heterocycles. The molecular weight excluding hydrogens is 256 g/mol. The Balaban J connectivity index is 1.95. The first-order valence-electron chi connectivity index (χ1n) is 4.92. The molecule has 0 bridgehead atoms. The average molecular weight is 269 g/mol. The highest BCUT2D eigenvalue weighted by Crippen LogP contribution is 2.13. The maximum absolute atomic E-state index is 5.56. The van der Waals surface area contributed by atoms with Gasteiger partial charge in [-0.3, -0.25) is 4.99 Å². The first-order chi connectivity index (χ1) is 7.28. The van der Waals surface area contributed by atoms with Gasteiger partial charge in [0.05, 0.1) is 6.54 Å². The van der Waals surface area contributed by atoms with Crippen molar-refractivity contribution in [3.05, 3.63) is 34.3 Å². The van der Waals surface area contributed by atoms with Crippen molar-refractivity contribution in [2.75, 3.05) is 13.1 Å². The molecule has 1 aromatic carbocycles. The number of hydrogen-bond acceptors (Lipinski definition) is 3. The van der Waals surface area contributed by atoms with Gasteiger partial charge in [0.25, 0.3) is 0 Å². The van der Waals surface area contributed by atoms with Crippen LogP contribution in [0.3, 0.4) is 0 Å². The van der Waals surface area contributed by atoms with Crippen molar-refractivity contribution in [1.29, 1.82) is 0 Å². The molecule has 1 unspecified atom stereocenters. The number of hydrogen-bond donors (Lipinski definition) is 1. The van der Waals surface area contributed by atoms with Crippen LogP contribution in [0.15, 0.2) is 33.7 Å². The molecule has 1 aromatic rings. The molecule has 0 saturated heterocycles. The van der Waals surface area contributed by atoms with Gasteiger partial charge in [0.1, 0.15) is 6.10 Å². The second-order valence-corrected chi connectivity index (χ2v) is 4.43. The molecule has 0 amide bonds. The zero-order chi connectivity index (χ0) is 10.7. The summed E-state index contributed by atoms with van der Waals surface area (Å²) in [6, 6.07) is 8.16. The second-order valence-electron chi connectivity index (χ2n) is 3.51. The molecule has 2 N–H and O–H groups in total. The minimum Gasteiger partial charge on any atom is -0.474 e. The van der Waals surface area contributed by atoms with Crippen molar-refractivity contribution in [3.8, 4) is 0 Å². The molecule has 1 atom stereocenters. The lowest BCUT2D eigenvalue weighted by Crippen LogP contribution is -2.24. The number of rotatable bonds is 3. The van der Waals surface area contributed by atoms with E-state index in [1.807, 2.05) is 12.1 Å². The van der Waals surface area contributed by atoms with Gasteiger partial charge >= 0.3 is 0 Å². The zero-order valence-electron chi connectivity index (χ0n) is 8.32. The highest BCUT2D eigenvalue weighted by atomic mass is 79.9. The predicted molar refractivity (Wildman–Crippen MR) is 64.1 cm³/mol. The summed E-state index contributed by atoms with van der Waals surface area (Å²) in [5.74, 6) is 0.799. The van der Waals surface area contributed by atoms with Crippen LogP contribution in [0.25, 0.3) is 0 Å². The van der Waals surface area contributed by atoms with Gasteiger partial charge in [0, 0.05) is 17.4 Å². The Morgan fingerprint density at radius 2 is 2.13 bits per heavy atom. The van der Waals surface area contributed by atoms with Crippen molar-refractivity contribution in [1.82, 2.24) is 0 Å². The van der Waals surface area contributed by atoms with Crippen molar-refractivity contribution >= 4 is 21.8 Å². The summed E-state index contributed by atoms with van der Waals surface area (Å²) in [7, 11) is 0. The van der Waals surface area contributed by atoms with E-state index >= 15 is 0 Å². The molecule has 3 nitrogen and oxygen atoms in total. The van der Waals surface area contributed by atoms with Crippen LogP contribution in [0.4, 0.5) is 0 Å². The van der Waals surface area contributed by atoms with Crippen LogP contribution in [0.1, 0.15) is 5.56 Å². The van der Waals surface area contributed by atoms with Crippen molar-refractivity contribution in [3.63, 3.8) is 0 Å². The molecule has 15 heavy (non-hydrogen) atoms. The third-order valence-electron chi connectivity index (χ3n) is 2.31. The van der Waals surface area contributed by atoms with E-state index in [2.05, 4.69) is 33.1 Å². The van der Waals surface area contributed by atoms with Crippen molar-refractivity contribution < 1.29 is 4.74 Å². The average Bonchev–Trinajstić information content (AvgIpc) is 2.69. The van der Waals surface area contributed by atoms with E-state index in [-0.39, 0.29) is 6.10 Å². The van der Waals surface area contributed by atoms with E-state index < -0.39 is 0 Å². The molecule has 1 aliphatic heterocycles. The fourth-order valence-electron chi connectivity index (χ4n) is 1.47. The molecule has 0 aliphatic carbocycles. The maximum Gasteiger partial charge on any atom is 0.188 e. The van der Waals surface area contributed by atoms with E-state index in [0.29, 0.717) is 13.1 Å². The minimum absolute atomic E-state index is 0.0791. The predicted octanol–water partition coefficient (Wildman–Crippen LogP) is 1.75. The van der Waals surface area contributed by atoms with Gasteiger partial charge in [0.2, 0.25) is 0 Å². The van der Waals surface area contributed by atoms with E-state index in [1.165, 1.54) is 5.56 Å². The Bertz CT molecular complexity index is 361. The van der Waals surface area contributed by atoms with E-state index in [9.17, 15) is 0 Å². The maximum atomic E-state index is 5.56. The number of ether oxygens (including phenoxy) is 1. The topological polar surface area (TPSA) is 47.6 Å². The van der Waals surface area contributed by atoms with Crippen LogP contribution in [-0.4, -0.2) is 25.1 Å². The lowest BCUT2D eigenvalue weighted by molar-refractivity contribution is 0.228. The highest BCUT2D eigenvalue weighted by Gasteiger charge is 2.17. The van der Waals surface area contributed by atoms with Crippen LogP contribution in [0.5, 0.6) is 0 Å². The van der Waals surface area contributed by atoms with Gasteiger partial charge in [0.15, 0.2) is 5.90 Å². The summed E-state index contributed by atoms with van der Waals surface area (Å²) in [4.78, 5) is 4.31. The molecule has 0 fully saturated rings. The van der Waals surface area contributed by atoms with Gasteiger partial charge in [-0.05, 0) is 17.7 Å². The first kappa shape index (κ1) is 10.6. The first-order valence-corrected chi connectivity index (χ1v) is 5.71. The van der Waals surface area contributed by atoms with Crippen LogP contribution >= 0.6 is 15.9 Å². The molecule has 0 radical (unpaired) electrons. The van der Waals surface area contributed by atoms with Gasteiger partial charge in [-0.1, -0.05) is 28.1 Å². The van der Waals surface area contributed by atoms with E-state index in [1.54, 1.807) is 0 Å². The second kappa shape index (κ2) is 4.77.